The molecule has 6 heteroatoms. The number of hydrogen-bond acceptors (Lipinski definition) is 5. The van der Waals surface area contributed by atoms with Crippen molar-refractivity contribution in [2.75, 3.05) is 0 Å². The van der Waals surface area contributed by atoms with Crippen LogP contribution >= 0.6 is 0 Å². The highest BCUT2D eigenvalue weighted by Gasteiger charge is 2.13. The SMILES string of the molecule is O=C(O)c1cc(-c2cnccn2)nc2ncccc12. The molecule has 0 spiro atoms. The van der Waals surface area contributed by atoms with Gasteiger partial charge in [-0.3, -0.25) is 9.97 Å². The smallest absolute Gasteiger partial charge is 0.336 e. The molecule has 0 aliphatic carbocycles. The third kappa shape index (κ3) is 1.99. The van der Waals surface area contributed by atoms with Crippen LogP contribution in [-0.2, 0) is 0 Å². The standard InChI is InChI=1S/C13H8N4O2/c18-13(19)9-6-10(11-7-14-4-5-15-11)17-12-8(9)2-1-3-16-12/h1-7H,(H,18,19). The van der Waals surface area contributed by atoms with Crippen molar-refractivity contribution >= 4 is 17.0 Å². The molecule has 0 bridgehead atoms. The van der Waals surface area contributed by atoms with Crippen LogP contribution in [0.5, 0.6) is 0 Å². The fourth-order valence-electron chi connectivity index (χ4n) is 1.80. The van der Waals surface area contributed by atoms with Gasteiger partial charge in [0, 0.05) is 24.0 Å². The highest BCUT2D eigenvalue weighted by molar-refractivity contribution is 6.02. The summed E-state index contributed by atoms with van der Waals surface area (Å²) < 4.78 is 0. The molecule has 0 amide bonds. The molecular formula is C13H8N4O2. The lowest BCUT2D eigenvalue weighted by atomic mass is 10.1. The summed E-state index contributed by atoms with van der Waals surface area (Å²) in [5, 5.41) is 9.77. The van der Waals surface area contributed by atoms with Crippen LogP contribution in [0.3, 0.4) is 0 Å². The van der Waals surface area contributed by atoms with Crippen LogP contribution in [0.25, 0.3) is 22.4 Å². The van der Waals surface area contributed by atoms with Gasteiger partial charge in [-0.25, -0.2) is 14.8 Å². The fourth-order valence-corrected chi connectivity index (χ4v) is 1.80. The van der Waals surface area contributed by atoms with Crippen LogP contribution < -0.4 is 0 Å². The highest BCUT2D eigenvalue weighted by Crippen LogP contribution is 2.21. The summed E-state index contributed by atoms with van der Waals surface area (Å²) in [6, 6.07) is 4.84. The average molecular weight is 252 g/mol. The van der Waals surface area contributed by atoms with Crippen LogP contribution in [0.2, 0.25) is 0 Å². The molecule has 1 N–H and O–H groups in total. The first-order valence-corrected chi connectivity index (χ1v) is 5.51. The van der Waals surface area contributed by atoms with Crippen molar-refractivity contribution in [1.82, 2.24) is 19.9 Å². The van der Waals surface area contributed by atoms with Crippen molar-refractivity contribution < 1.29 is 9.90 Å². The molecule has 3 aromatic heterocycles. The lowest BCUT2D eigenvalue weighted by Crippen LogP contribution is -2.01. The summed E-state index contributed by atoms with van der Waals surface area (Å²) >= 11 is 0. The Hall–Kier alpha value is -2.89. The first-order valence-electron chi connectivity index (χ1n) is 5.51. The van der Waals surface area contributed by atoms with E-state index in [-0.39, 0.29) is 5.56 Å². The number of aromatic carboxylic acids is 1. The van der Waals surface area contributed by atoms with Crippen molar-refractivity contribution in [3.05, 3.63) is 48.5 Å². The summed E-state index contributed by atoms with van der Waals surface area (Å²) in [4.78, 5) is 27.8. The summed E-state index contributed by atoms with van der Waals surface area (Å²) in [6.45, 7) is 0. The lowest BCUT2D eigenvalue weighted by molar-refractivity contribution is 0.0699. The van der Waals surface area contributed by atoms with E-state index >= 15 is 0 Å². The molecule has 3 rings (SSSR count). The van der Waals surface area contributed by atoms with Crippen molar-refractivity contribution in [1.29, 1.82) is 0 Å². The minimum atomic E-state index is -1.02. The molecule has 0 aliphatic heterocycles. The Morgan fingerprint density at radius 3 is 2.74 bits per heavy atom. The molecule has 0 saturated heterocycles. The van der Waals surface area contributed by atoms with Crippen LogP contribution in [0, 0.1) is 0 Å². The number of carboxylic acid groups (broad SMARTS) is 1. The van der Waals surface area contributed by atoms with E-state index in [9.17, 15) is 9.90 Å². The van der Waals surface area contributed by atoms with Gasteiger partial charge in [0.1, 0.15) is 5.69 Å². The molecule has 3 aromatic rings. The van der Waals surface area contributed by atoms with E-state index < -0.39 is 5.97 Å². The van der Waals surface area contributed by atoms with Crippen molar-refractivity contribution in [2.45, 2.75) is 0 Å². The maximum absolute atomic E-state index is 11.3. The number of pyridine rings is 2. The van der Waals surface area contributed by atoms with E-state index in [1.54, 1.807) is 24.5 Å². The number of aromatic nitrogens is 4. The Labute approximate surface area is 107 Å². The van der Waals surface area contributed by atoms with Crippen LogP contribution in [0.15, 0.2) is 43.0 Å². The van der Waals surface area contributed by atoms with Crippen molar-refractivity contribution in [3.8, 4) is 11.4 Å². The summed E-state index contributed by atoms with van der Waals surface area (Å²) in [6.07, 6.45) is 6.17. The molecule has 0 radical (unpaired) electrons. The molecule has 6 nitrogen and oxygen atoms in total. The quantitative estimate of drug-likeness (QED) is 0.747. The van der Waals surface area contributed by atoms with Gasteiger partial charge in [0.25, 0.3) is 0 Å². The monoisotopic (exact) mass is 252 g/mol. The van der Waals surface area contributed by atoms with E-state index in [0.29, 0.717) is 22.4 Å². The van der Waals surface area contributed by atoms with Gasteiger partial charge in [-0.2, -0.15) is 0 Å². The fraction of sp³-hybridized carbons (Fsp3) is 0. The molecule has 0 aromatic carbocycles. The first-order chi connectivity index (χ1) is 9.25. The van der Waals surface area contributed by atoms with E-state index in [1.165, 1.54) is 18.5 Å². The average Bonchev–Trinajstić information content (AvgIpc) is 2.47. The normalized spacial score (nSPS) is 10.5. The number of rotatable bonds is 2. The molecule has 0 unspecified atom stereocenters. The molecular weight excluding hydrogens is 244 g/mol. The second-order valence-corrected chi connectivity index (χ2v) is 3.83. The molecule has 19 heavy (non-hydrogen) atoms. The second kappa shape index (κ2) is 4.41. The van der Waals surface area contributed by atoms with Gasteiger partial charge in [0.2, 0.25) is 0 Å². The van der Waals surface area contributed by atoms with Gasteiger partial charge in [0.05, 0.1) is 17.5 Å². The largest absolute Gasteiger partial charge is 0.478 e. The Bertz CT molecular complexity index is 759. The van der Waals surface area contributed by atoms with E-state index in [2.05, 4.69) is 19.9 Å². The maximum atomic E-state index is 11.3. The molecule has 0 aliphatic rings. The van der Waals surface area contributed by atoms with Crippen LogP contribution in [0.1, 0.15) is 10.4 Å². The Balaban J connectivity index is 2.31. The molecule has 92 valence electrons. The zero-order valence-corrected chi connectivity index (χ0v) is 9.69. The zero-order valence-electron chi connectivity index (χ0n) is 9.69. The van der Waals surface area contributed by atoms with Gasteiger partial charge >= 0.3 is 5.97 Å². The predicted octanol–water partition coefficient (Wildman–Crippen LogP) is 1.78. The van der Waals surface area contributed by atoms with Crippen LogP contribution in [-0.4, -0.2) is 31.0 Å². The van der Waals surface area contributed by atoms with E-state index in [0.717, 1.165) is 0 Å². The Morgan fingerprint density at radius 2 is 2.00 bits per heavy atom. The molecule has 0 fully saturated rings. The third-order valence-corrected chi connectivity index (χ3v) is 2.64. The first kappa shape index (κ1) is 11.2. The maximum Gasteiger partial charge on any atom is 0.336 e. The minimum Gasteiger partial charge on any atom is -0.478 e. The summed E-state index contributed by atoms with van der Waals surface area (Å²) in [5.74, 6) is -1.02. The molecule has 0 atom stereocenters. The van der Waals surface area contributed by atoms with E-state index in [4.69, 9.17) is 0 Å². The van der Waals surface area contributed by atoms with E-state index in [1.807, 2.05) is 0 Å². The Kier molecular flexibility index (Phi) is 2.60. The minimum absolute atomic E-state index is 0.152. The summed E-state index contributed by atoms with van der Waals surface area (Å²) in [7, 11) is 0. The molecule has 0 saturated carbocycles. The van der Waals surface area contributed by atoms with Gasteiger partial charge in [-0.15, -0.1) is 0 Å². The van der Waals surface area contributed by atoms with Crippen molar-refractivity contribution in [3.63, 3.8) is 0 Å². The van der Waals surface area contributed by atoms with Crippen LogP contribution in [0.4, 0.5) is 0 Å². The van der Waals surface area contributed by atoms with Gasteiger partial charge in [-0.05, 0) is 18.2 Å². The zero-order chi connectivity index (χ0) is 13.2. The second-order valence-electron chi connectivity index (χ2n) is 3.83. The number of hydrogen-bond donors (Lipinski definition) is 1. The number of carbonyl (C=O) groups is 1. The molecule has 3 heterocycles. The van der Waals surface area contributed by atoms with Gasteiger partial charge in [0.15, 0.2) is 5.65 Å². The number of fused-ring (bicyclic) bond motifs is 1. The lowest BCUT2D eigenvalue weighted by Gasteiger charge is -2.05. The van der Waals surface area contributed by atoms with Crippen molar-refractivity contribution in [2.24, 2.45) is 0 Å². The van der Waals surface area contributed by atoms with Gasteiger partial charge in [-0.1, -0.05) is 0 Å². The topological polar surface area (TPSA) is 88.9 Å². The number of carboxylic acids is 1. The van der Waals surface area contributed by atoms with Gasteiger partial charge < -0.3 is 5.11 Å². The summed E-state index contributed by atoms with van der Waals surface area (Å²) in [5.41, 5.74) is 1.48. The Morgan fingerprint density at radius 1 is 1.11 bits per heavy atom. The highest BCUT2D eigenvalue weighted by atomic mass is 16.4. The predicted molar refractivity (Wildman–Crippen MR) is 67.5 cm³/mol. The number of nitrogens with zero attached hydrogens (tertiary/aromatic N) is 4. The third-order valence-electron chi connectivity index (χ3n) is 2.64.